The molecule has 1 aromatic carbocycles. The summed E-state index contributed by atoms with van der Waals surface area (Å²) in [6, 6.07) is 7.96. The Morgan fingerprint density at radius 2 is 1.64 bits per heavy atom. The summed E-state index contributed by atoms with van der Waals surface area (Å²) in [5, 5.41) is 0. The van der Waals surface area contributed by atoms with E-state index < -0.39 is 7.82 Å². The van der Waals surface area contributed by atoms with E-state index in [0.29, 0.717) is 0 Å². The molecule has 0 radical (unpaired) electrons. The summed E-state index contributed by atoms with van der Waals surface area (Å²) in [4.78, 5) is 15.4. The fourth-order valence-corrected chi connectivity index (χ4v) is 1.57. The van der Waals surface area contributed by atoms with E-state index in [1.165, 1.54) is 0 Å². The van der Waals surface area contributed by atoms with E-state index >= 15 is 0 Å². The van der Waals surface area contributed by atoms with Crippen molar-refractivity contribution in [1.29, 1.82) is 0 Å². The minimum absolute atomic E-state index is 0.945. The van der Waals surface area contributed by atoms with E-state index in [-0.39, 0.29) is 0 Å². The van der Waals surface area contributed by atoms with Crippen LogP contribution in [0.2, 0.25) is 0 Å². The van der Waals surface area contributed by atoms with Gasteiger partial charge in [-0.15, -0.1) is 0 Å². The van der Waals surface area contributed by atoms with Gasteiger partial charge >= 0.3 is 7.82 Å². The summed E-state index contributed by atoms with van der Waals surface area (Å²) in [6.07, 6.45) is 0. The number of benzene rings is 1. The van der Waals surface area contributed by atoms with Crippen LogP contribution in [0.4, 0.5) is 0 Å². The zero-order chi connectivity index (χ0) is 11.2. The third-order valence-electron chi connectivity index (χ3n) is 1.02. The van der Waals surface area contributed by atoms with Crippen molar-refractivity contribution in [2.75, 3.05) is 7.11 Å². The quantitative estimate of drug-likeness (QED) is 0.766. The number of rotatable bonds is 1. The Hall–Kier alpha value is 0.290. The fraction of sp³-hybridized carbons (Fsp3) is 0.143. The molecular formula is C7H9Br2O4P. The Kier molecular flexibility index (Phi) is 6.85. The molecule has 0 heterocycles. The first-order valence-electron chi connectivity index (χ1n) is 3.37. The third kappa shape index (κ3) is 8.87. The van der Waals surface area contributed by atoms with Crippen LogP contribution in [0.1, 0.15) is 0 Å². The van der Waals surface area contributed by atoms with Crippen molar-refractivity contribution in [3.8, 4) is 0 Å². The number of phosphoric ester groups is 1. The average molecular weight is 348 g/mol. The van der Waals surface area contributed by atoms with Gasteiger partial charge in [0.1, 0.15) is 0 Å². The Labute approximate surface area is 98.8 Å². The lowest BCUT2D eigenvalue weighted by Crippen LogP contribution is -1.76. The van der Waals surface area contributed by atoms with Crippen molar-refractivity contribution < 1.29 is 18.9 Å². The summed E-state index contributed by atoms with van der Waals surface area (Å²) in [7, 11) is -3.20. The monoisotopic (exact) mass is 346 g/mol. The van der Waals surface area contributed by atoms with Gasteiger partial charge in [-0.25, -0.2) is 4.57 Å². The predicted molar refractivity (Wildman–Crippen MR) is 60.9 cm³/mol. The van der Waals surface area contributed by atoms with Gasteiger partial charge in [0.05, 0.1) is 0 Å². The number of halogens is 2. The van der Waals surface area contributed by atoms with Crippen molar-refractivity contribution in [3.05, 3.63) is 33.2 Å². The van der Waals surface area contributed by atoms with Gasteiger partial charge < -0.3 is 9.79 Å². The van der Waals surface area contributed by atoms with Crippen LogP contribution in [-0.4, -0.2) is 16.9 Å². The first kappa shape index (κ1) is 14.3. The lowest BCUT2D eigenvalue weighted by molar-refractivity contribution is 0.235. The highest BCUT2D eigenvalue weighted by atomic mass is 79.9. The molecule has 14 heavy (non-hydrogen) atoms. The van der Waals surface area contributed by atoms with Gasteiger partial charge in [0.15, 0.2) is 0 Å². The summed E-state index contributed by atoms with van der Waals surface area (Å²) < 4.78 is 15.3. The molecule has 0 aliphatic carbocycles. The van der Waals surface area contributed by atoms with Crippen LogP contribution in [0.5, 0.6) is 0 Å². The Morgan fingerprint density at radius 3 is 1.79 bits per heavy atom. The van der Waals surface area contributed by atoms with Gasteiger partial charge in [-0.1, -0.05) is 37.9 Å². The van der Waals surface area contributed by atoms with Crippen LogP contribution in [0.15, 0.2) is 33.2 Å². The molecule has 0 aromatic heterocycles. The maximum absolute atomic E-state index is 9.47. The van der Waals surface area contributed by atoms with Gasteiger partial charge in [-0.05, 0) is 18.2 Å². The van der Waals surface area contributed by atoms with Gasteiger partial charge in [-0.2, -0.15) is 0 Å². The van der Waals surface area contributed by atoms with Gasteiger partial charge in [0.2, 0.25) is 0 Å². The number of hydrogen-bond donors (Lipinski definition) is 2. The molecule has 1 aromatic rings. The second-order valence-electron chi connectivity index (χ2n) is 2.11. The van der Waals surface area contributed by atoms with Crippen LogP contribution >= 0.6 is 39.7 Å². The molecule has 2 N–H and O–H groups in total. The molecule has 0 saturated carbocycles. The zero-order valence-electron chi connectivity index (χ0n) is 7.22. The summed E-state index contributed by atoms with van der Waals surface area (Å²) in [5.41, 5.74) is 0. The van der Waals surface area contributed by atoms with Crippen LogP contribution in [0.25, 0.3) is 0 Å². The summed E-state index contributed by atoms with van der Waals surface area (Å²) in [6.45, 7) is 0. The first-order chi connectivity index (χ1) is 6.35. The third-order valence-corrected chi connectivity index (χ3v) is 2.49. The van der Waals surface area contributed by atoms with Crippen LogP contribution < -0.4 is 0 Å². The van der Waals surface area contributed by atoms with Crippen molar-refractivity contribution in [2.24, 2.45) is 0 Å². The molecule has 0 spiro atoms. The normalized spacial score (nSPS) is 10.4. The molecule has 7 heteroatoms. The van der Waals surface area contributed by atoms with Gasteiger partial charge in [-0.3, -0.25) is 4.52 Å². The zero-order valence-corrected chi connectivity index (χ0v) is 11.3. The predicted octanol–water partition coefficient (Wildman–Crippen LogP) is 2.94. The fourth-order valence-electron chi connectivity index (χ4n) is 0.460. The van der Waals surface area contributed by atoms with E-state index in [2.05, 4.69) is 36.4 Å². The molecule has 80 valence electrons. The summed E-state index contributed by atoms with van der Waals surface area (Å²) in [5.74, 6) is 0. The maximum Gasteiger partial charge on any atom is 0.469 e. The van der Waals surface area contributed by atoms with Crippen molar-refractivity contribution in [2.45, 2.75) is 0 Å². The van der Waals surface area contributed by atoms with Crippen molar-refractivity contribution >= 4 is 39.7 Å². The second-order valence-corrected chi connectivity index (χ2v) is 5.29. The molecule has 0 bridgehead atoms. The van der Waals surface area contributed by atoms with E-state index in [4.69, 9.17) is 9.79 Å². The lowest BCUT2D eigenvalue weighted by Gasteiger charge is -1.93. The molecule has 1 rings (SSSR count). The van der Waals surface area contributed by atoms with E-state index in [9.17, 15) is 4.57 Å². The molecule has 4 nitrogen and oxygen atoms in total. The topological polar surface area (TPSA) is 66.8 Å². The molecule has 0 aliphatic heterocycles. The first-order valence-corrected chi connectivity index (χ1v) is 6.49. The Morgan fingerprint density at radius 1 is 1.29 bits per heavy atom. The Bertz CT molecular complexity index is 308. The number of phosphoric acid groups is 1. The highest BCUT2D eigenvalue weighted by molar-refractivity contribution is 9.11. The average Bonchev–Trinajstić information content (AvgIpc) is 2.03. The smallest absolute Gasteiger partial charge is 0.303 e. The highest BCUT2D eigenvalue weighted by Gasteiger charge is 2.07. The minimum Gasteiger partial charge on any atom is -0.303 e. The number of hydrogen-bond acceptors (Lipinski definition) is 2. The molecule has 0 amide bonds. The second kappa shape index (κ2) is 6.71. The van der Waals surface area contributed by atoms with Crippen LogP contribution in [0, 0.1) is 0 Å². The standard InChI is InChI=1S/C6H4Br2.CH5O4P/c7-5-2-1-3-6(8)4-5;1-5-6(2,3)4/h1-4H;1H3,(H2,2,3,4). The summed E-state index contributed by atoms with van der Waals surface area (Å²) >= 11 is 6.66. The van der Waals surface area contributed by atoms with Crippen LogP contribution in [0.3, 0.4) is 0 Å². The van der Waals surface area contributed by atoms with Gasteiger partial charge in [0, 0.05) is 16.1 Å². The lowest BCUT2D eigenvalue weighted by atomic mass is 10.4. The minimum atomic E-state index is -4.15. The molecule has 0 aliphatic rings. The molecule has 0 fully saturated rings. The van der Waals surface area contributed by atoms with Gasteiger partial charge in [0.25, 0.3) is 0 Å². The molecule has 0 saturated heterocycles. The van der Waals surface area contributed by atoms with Crippen molar-refractivity contribution in [1.82, 2.24) is 0 Å². The van der Waals surface area contributed by atoms with E-state index in [0.717, 1.165) is 16.1 Å². The van der Waals surface area contributed by atoms with Crippen LogP contribution in [-0.2, 0) is 9.09 Å². The molecule has 0 atom stereocenters. The van der Waals surface area contributed by atoms with E-state index in [1.54, 1.807) is 0 Å². The van der Waals surface area contributed by atoms with E-state index in [1.807, 2.05) is 24.3 Å². The largest absolute Gasteiger partial charge is 0.469 e. The maximum atomic E-state index is 9.47. The Balaban J connectivity index is 0.000000255. The molecular weight excluding hydrogens is 339 g/mol. The SMILES string of the molecule is Brc1cccc(Br)c1.COP(=O)(O)O. The van der Waals surface area contributed by atoms with Crippen molar-refractivity contribution in [3.63, 3.8) is 0 Å². The highest BCUT2D eigenvalue weighted by Crippen LogP contribution is 2.33. The molecule has 0 unspecified atom stereocenters.